The van der Waals surface area contributed by atoms with Gasteiger partial charge in [-0.2, -0.15) is 0 Å². The van der Waals surface area contributed by atoms with E-state index < -0.39 is 0 Å². The Bertz CT molecular complexity index is 378. The molecule has 0 aliphatic carbocycles. The molecular formula is C13H19NO2. The number of methoxy groups -OCH3 is 2. The second-order valence-electron chi connectivity index (χ2n) is 4.39. The summed E-state index contributed by atoms with van der Waals surface area (Å²) in [4.78, 5) is 0. The molecule has 0 spiro atoms. The SMILES string of the molecule is CCC1(COC)Cc2ccc(OC)cc2N1. The normalized spacial score (nSPS) is 22.7. The van der Waals surface area contributed by atoms with Crippen LogP contribution < -0.4 is 10.1 Å². The molecule has 0 amide bonds. The molecule has 0 bridgehead atoms. The largest absolute Gasteiger partial charge is 0.497 e. The summed E-state index contributed by atoms with van der Waals surface area (Å²) in [6.07, 6.45) is 2.08. The lowest BCUT2D eigenvalue weighted by Crippen LogP contribution is -2.40. The van der Waals surface area contributed by atoms with Crippen molar-refractivity contribution in [3.05, 3.63) is 23.8 Å². The number of anilines is 1. The minimum absolute atomic E-state index is 0.0590. The molecule has 1 atom stereocenters. The lowest BCUT2D eigenvalue weighted by Gasteiger charge is -2.27. The van der Waals surface area contributed by atoms with E-state index in [1.165, 1.54) is 11.3 Å². The first-order valence-electron chi connectivity index (χ1n) is 5.67. The van der Waals surface area contributed by atoms with Gasteiger partial charge in [0.15, 0.2) is 0 Å². The zero-order valence-electron chi connectivity index (χ0n) is 10.2. The lowest BCUT2D eigenvalue weighted by atomic mass is 9.93. The molecule has 0 saturated carbocycles. The Balaban J connectivity index is 2.25. The van der Waals surface area contributed by atoms with Gasteiger partial charge in [0.05, 0.1) is 19.3 Å². The van der Waals surface area contributed by atoms with E-state index in [-0.39, 0.29) is 5.54 Å². The van der Waals surface area contributed by atoms with Crippen molar-refractivity contribution >= 4 is 5.69 Å². The maximum absolute atomic E-state index is 5.31. The zero-order chi connectivity index (χ0) is 11.6. The van der Waals surface area contributed by atoms with Gasteiger partial charge in [0, 0.05) is 18.9 Å². The highest BCUT2D eigenvalue weighted by molar-refractivity contribution is 5.61. The van der Waals surface area contributed by atoms with Crippen LogP contribution in [0.15, 0.2) is 18.2 Å². The Morgan fingerprint density at radius 1 is 1.38 bits per heavy atom. The van der Waals surface area contributed by atoms with Crippen molar-refractivity contribution in [2.24, 2.45) is 0 Å². The molecule has 88 valence electrons. The first kappa shape index (κ1) is 11.3. The third-order valence-electron chi connectivity index (χ3n) is 3.34. The molecule has 1 unspecified atom stereocenters. The van der Waals surface area contributed by atoms with E-state index in [1.807, 2.05) is 6.07 Å². The summed E-state index contributed by atoms with van der Waals surface area (Å²) in [6, 6.07) is 6.20. The van der Waals surface area contributed by atoms with E-state index in [4.69, 9.17) is 9.47 Å². The van der Waals surface area contributed by atoms with Crippen molar-refractivity contribution in [1.29, 1.82) is 0 Å². The summed E-state index contributed by atoms with van der Waals surface area (Å²) in [5, 5.41) is 3.57. The molecule has 1 N–H and O–H groups in total. The Morgan fingerprint density at radius 3 is 2.81 bits per heavy atom. The molecule has 2 rings (SSSR count). The summed E-state index contributed by atoms with van der Waals surface area (Å²) in [5.74, 6) is 0.899. The highest BCUT2D eigenvalue weighted by Crippen LogP contribution is 2.36. The van der Waals surface area contributed by atoms with Crippen LogP contribution in [0.5, 0.6) is 5.75 Å². The van der Waals surface area contributed by atoms with E-state index in [1.54, 1.807) is 14.2 Å². The van der Waals surface area contributed by atoms with Gasteiger partial charge in [0.25, 0.3) is 0 Å². The van der Waals surface area contributed by atoms with Crippen molar-refractivity contribution in [1.82, 2.24) is 0 Å². The Morgan fingerprint density at radius 2 is 2.19 bits per heavy atom. The van der Waals surface area contributed by atoms with E-state index in [0.29, 0.717) is 0 Å². The fourth-order valence-electron chi connectivity index (χ4n) is 2.33. The van der Waals surface area contributed by atoms with Gasteiger partial charge >= 0.3 is 0 Å². The third-order valence-corrected chi connectivity index (χ3v) is 3.34. The van der Waals surface area contributed by atoms with E-state index in [0.717, 1.165) is 25.2 Å². The topological polar surface area (TPSA) is 30.5 Å². The maximum atomic E-state index is 5.31. The Kier molecular flexibility index (Phi) is 3.06. The smallest absolute Gasteiger partial charge is 0.120 e. The van der Waals surface area contributed by atoms with Crippen LogP contribution >= 0.6 is 0 Å². The number of fused-ring (bicyclic) bond motifs is 1. The Hall–Kier alpha value is -1.22. The van der Waals surface area contributed by atoms with Crippen molar-refractivity contribution in [2.75, 3.05) is 26.1 Å². The van der Waals surface area contributed by atoms with Crippen molar-refractivity contribution in [3.8, 4) is 5.75 Å². The number of rotatable bonds is 4. The van der Waals surface area contributed by atoms with E-state index in [2.05, 4.69) is 24.4 Å². The van der Waals surface area contributed by atoms with Gasteiger partial charge in [-0.25, -0.2) is 0 Å². The van der Waals surface area contributed by atoms with Gasteiger partial charge < -0.3 is 14.8 Å². The maximum Gasteiger partial charge on any atom is 0.120 e. The first-order chi connectivity index (χ1) is 7.73. The monoisotopic (exact) mass is 221 g/mol. The molecule has 0 aromatic heterocycles. The quantitative estimate of drug-likeness (QED) is 0.847. The summed E-state index contributed by atoms with van der Waals surface area (Å²) in [6.45, 7) is 2.93. The first-order valence-corrected chi connectivity index (χ1v) is 5.67. The van der Waals surface area contributed by atoms with Gasteiger partial charge in [0.2, 0.25) is 0 Å². The molecule has 1 aliphatic rings. The molecule has 1 aromatic rings. The van der Waals surface area contributed by atoms with Gasteiger partial charge in [-0.15, -0.1) is 0 Å². The molecule has 0 saturated heterocycles. The van der Waals surface area contributed by atoms with Crippen LogP contribution in [0.4, 0.5) is 5.69 Å². The average molecular weight is 221 g/mol. The van der Waals surface area contributed by atoms with Crippen LogP contribution in [0.2, 0.25) is 0 Å². The summed E-state index contributed by atoms with van der Waals surface area (Å²) < 4.78 is 10.5. The van der Waals surface area contributed by atoms with Crippen molar-refractivity contribution < 1.29 is 9.47 Å². The number of hydrogen-bond acceptors (Lipinski definition) is 3. The fraction of sp³-hybridized carbons (Fsp3) is 0.538. The van der Waals surface area contributed by atoms with Crippen LogP contribution in [0, 0.1) is 0 Å². The highest BCUT2D eigenvalue weighted by Gasteiger charge is 2.35. The van der Waals surface area contributed by atoms with Crippen molar-refractivity contribution in [3.63, 3.8) is 0 Å². The molecule has 1 aliphatic heterocycles. The molecule has 0 fully saturated rings. The number of nitrogens with one attached hydrogen (secondary N) is 1. The minimum Gasteiger partial charge on any atom is -0.497 e. The second-order valence-corrected chi connectivity index (χ2v) is 4.39. The van der Waals surface area contributed by atoms with Gasteiger partial charge in [-0.05, 0) is 24.5 Å². The predicted molar refractivity (Wildman–Crippen MR) is 65.2 cm³/mol. The second kappa shape index (κ2) is 4.34. The minimum atomic E-state index is 0.0590. The van der Waals surface area contributed by atoms with Gasteiger partial charge in [-0.1, -0.05) is 13.0 Å². The van der Waals surface area contributed by atoms with E-state index in [9.17, 15) is 0 Å². The van der Waals surface area contributed by atoms with Gasteiger partial charge in [-0.3, -0.25) is 0 Å². The van der Waals surface area contributed by atoms with E-state index >= 15 is 0 Å². The lowest BCUT2D eigenvalue weighted by molar-refractivity contribution is 0.143. The molecule has 1 heterocycles. The van der Waals surface area contributed by atoms with Crippen molar-refractivity contribution in [2.45, 2.75) is 25.3 Å². The van der Waals surface area contributed by atoms with Gasteiger partial charge in [0.1, 0.15) is 5.75 Å². The third kappa shape index (κ3) is 1.87. The molecule has 3 heteroatoms. The van der Waals surface area contributed by atoms with Crippen LogP contribution in [0.25, 0.3) is 0 Å². The predicted octanol–water partition coefficient (Wildman–Crippen LogP) is 2.46. The number of hydrogen-bond donors (Lipinski definition) is 1. The standard InChI is InChI=1S/C13H19NO2/c1-4-13(9-15-2)8-10-5-6-11(16-3)7-12(10)14-13/h5-7,14H,4,8-9H2,1-3H3. The summed E-state index contributed by atoms with van der Waals surface area (Å²) in [7, 11) is 3.45. The molecule has 0 radical (unpaired) electrons. The number of benzene rings is 1. The molecule has 3 nitrogen and oxygen atoms in total. The highest BCUT2D eigenvalue weighted by atomic mass is 16.5. The molecule has 1 aromatic carbocycles. The van der Waals surface area contributed by atoms with Crippen LogP contribution in [0.3, 0.4) is 0 Å². The fourth-order valence-corrected chi connectivity index (χ4v) is 2.33. The van der Waals surface area contributed by atoms with Crippen LogP contribution in [0.1, 0.15) is 18.9 Å². The summed E-state index contributed by atoms with van der Waals surface area (Å²) >= 11 is 0. The van der Waals surface area contributed by atoms with Crippen LogP contribution in [-0.4, -0.2) is 26.4 Å². The molecule has 16 heavy (non-hydrogen) atoms. The van der Waals surface area contributed by atoms with Crippen LogP contribution in [-0.2, 0) is 11.2 Å². The number of ether oxygens (including phenoxy) is 2. The Labute approximate surface area is 96.8 Å². The summed E-state index contributed by atoms with van der Waals surface area (Å²) in [5.41, 5.74) is 2.58. The zero-order valence-corrected chi connectivity index (χ0v) is 10.2. The average Bonchev–Trinajstić information content (AvgIpc) is 2.67. The molecular weight excluding hydrogens is 202 g/mol.